The van der Waals surface area contributed by atoms with Crippen molar-refractivity contribution in [3.05, 3.63) is 41.0 Å². The van der Waals surface area contributed by atoms with Gasteiger partial charge in [0.2, 0.25) is 0 Å². The van der Waals surface area contributed by atoms with Gasteiger partial charge in [0, 0.05) is 63.4 Å². The quantitative estimate of drug-likeness (QED) is 0.593. The van der Waals surface area contributed by atoms with Gasteiger partial charge in [-0.1, -0.05) is 6.07 Å². The first-order valence-electron chi connectivity index (χ1n) is 11.5. The summed E-state index contributed by atoms with van der Waals surface area (Å²) in [4.78, 5) is 42.9. The van der Waals surface area contributed by atoms with E-state index in [9.17, 15) is 27.6 Å². The van der Waals surface area contributed by atoms with Crippen LogP contribution in [0.25, 0.3) is 0 Å². The van der Waals surface area contributed by atoms with Gasteiger partial charge in [-0.2, -0.15) is 13.2 Å². The van der Waals surface area contributed by atoms with E-state index in [1.165, 1.54) is 13.2 Å². The highest BCUT2D eigenvalue weighted by molar-refractivity contribution is 6.07. The highest BCUT2D eigenvalue weighted by atomic mass is 19.4. The van der Waals surface area contributed by atoms with Crippen LogP contribution in [0.4, 0.5) is 18.9 Å². The van der Waals surface area contributed by atoms with Crippen LogP contribution in [-0.2, 0) is 30.0 Å². The second kappa shape index (κ2) is 9.52. The summed E-state index contributed by atoms with van der Waals surface area (Å²) < 4.78 is 49.7. The van der Waals surface area contributed by atoms with Crippen LogP contribution in [0.5, 0.6) is 0 Å². The Labute approximate surface area is 201 Å². The number of nitrogens with zero attached hydrogens (tertiary/aromatic N) is 3. The molecule has 0 atom stereocenters. The van der Waals surface area contributed by atoms with E-state index in [1.807, 2.05) is 9.80 Å². The fraction of sp³-hybridized carbons (Fsp3) is 0.542. The third-order valence-corrected chi connectivity index (χ3v) is 6.99. The maximum Gasteiger partial charge on any atom is 0.416 e. The molecule has 0 aromatic heterocycles. The first kappa shape index (κ1) is 25.0. The number of rotatable bonds is 4. The Morgan fingerprint density at radius 1 is 1.09 bits per heavy atom. The van der Waals surface area contributed by atoms with E-state index in [4.69, 9.17) is 9.47 Å². The zero-order chi connectivity index (χ0) is 25.4. The molecule has 4 rings (SSSR count). The van der Waals surface area contributed by atoms with Crippen molar-refractivity contribution in [1.29, 1.82) is 0 Å². The molecule has 1 aromatic rings. The molecule has 11 heteroatoms. The average molecular weight is 495 g/mol. The van der Waals surface area contributed by atoms with Crippen LogP contribution in [-0.4, -0.2) is 86.2 Å². The molecule has 1 aromatic carbocycles. The molecule has 2 fully saturated rings. The molecule has 0 saturated carbocycles. The van der Waals surface area contributed by atoms with Crippen molar-refractivity contribution in [2.75, 3.05) is 57.8 Å². The Kier molecular flexibility index (Phi) is 6.81. The van der Waals surface area contributed by atoms with E-state index in [-0.39, 0.29) is 24.0 Å². The SMILES string of the molecule is COC(=O)CN1CCC2(CC1)OC(=O)C(C)=C2C(=O)N1CCN(c2cccc(C(F)(F)F)c2)CC1. The van der Waals surface area contributed by atoms with Crippen molar-refractivity contribution < 1.29 is 37.0 Å². The summed E-state index contributed by atoms with van der Waals surface area (Å²) >= 11 is 0. The maximum atomic E-state index is 13.5. The average Bonchev–Trinajstić information content (AvgIpc) is 3.08. The molecule has 3 heterocycles. The highest BCUT2D eigenvalue weighted by Gasteiger charge is 2.52. The van der Waals surface area contributed by atoms with Crippen LogP contribution < -0.4 is 4.90 Å². The number of carbonyl (C=O) groups excluding carboxylic acids is 3. The first-order chi connectivity index (χ1) is 16.5. The highest BCUT2D eigenvalue weighted by Crippen LogP contribution is 2.42. The summed E-state index contributed by atoms with van der Waals surface area (Å²) in [5, 5.41) is 0. The lowest BCUT2D eigenvalue weighted by molar-refractivity contribution is -0.153. The number of piperazine rings is 1. The first-order valence-corrected chi connectivity index (χ1v) is 11.5. The Bertz CT molecular complexity index is 1040. The third-order valence-electron chi connectivity index (χ3n) is 6.99. The Morgan fingerprint density at radius 3 is 2.34 bits per heavy atom. The number of hydrogen-bond acceptors (Lipinski definition) is 7. The molecular formula is C24H28F3N3O5. The zero-order valence-corrected chi connectivity index (χ0v) is 19.7. The second-order valence-corrected chi connectivity index (χ2v) is 9.06. The predicted octanol–water partition coefficient (Wildman–Crippen LogP) is 2.23. The molecule has 8 nitrogen and oxygen atoms in total. The van der Waals surface area contributed by atoms with Crippen LogP contribution in [0.3, 0.4) is 0 Å². The van der Waals surface area contributed by atoms with Crippen molar-refractivity contribution in [1.82, 2.24) is 9.80 Å². The lowest BCUT2D eigenvalue weighted by Crippen LogP contribution is -2.53. The van der Waals surface area contributed by atoms with Gasteiger partial charge in [0.25, 0.3) is 5.91 Å². The van der Waals surface area contributed by atoms with E-state index >= 15 is 0 Å². The Balaban J connectivity index is 1.44. The predicted molar refractivity (Wildman–Crippen MR) is 119 cm³/mol. The van der Waals surface area contributed by atoms with E-state index < -0.39 is 23.3 Å². The van der Waals surface area contributed by atoms with E-state index in [0.717, 1.165) is 12.1 Å². The molecule has 0 radical (unpaired) electrons. The number of piperidine rings is 1. The second-order valence-electron chi connectivity index (χ2n) is 9.06. The number of hydrogen-bond donors (Lipinski definition) is 0. The van der Waals surface area contributed by atoms with Crippen LogP contribution in [0.1, 0.15) is 25.3 Å². The van der Waals surface area contributed by atoms with E-state index in [1.54, 1.807) is 17.9 Å². The van der Waals surface area contributed by atoms with Gasteiger partial charge < -0.3 is 19.3 Å². The monoisotopic (exact) mass is 495 g/mol. The number of benzene rings is 1. The number of amides is 1. The van der Waals surface area contributed by atoms with Crippen LogP contribution in [0.15, 0.2) is 35.4 Å². The smallest absolute Gasteiger partial charge is 0.416 e. The van der Waals surface area contributed by atoms with Crippen LogP contribution in [0.2, 0.25) is 0 Å². The molecular weight excluding hydrogens is 467 g/mol. The number of likely N-dealkylation sites (tertiary alicyclic amines) is 1. The zero-order valence-electron chi connectivity index (χ0n) is 19.7. The molecule has 1 amide bonds. The summed E-state index contributed by atoms with van der Waals surface area (Å²) in [6, 6.07) is 5.15. The van der Waals surface area contributed by atoms with Crippen molar-refractivity contribution in [2.45, 2.75) is 31.5 Å². The molecule has 2 saturated heterocycles. The fourth-order valence-electron chi connectivity index (χ4n) is 4.98. The number of halogens is 3. The van der Waals surface area contributed by atoms with E-state index in [2.05, 4.69) is 0 Å². The van der Waals surface area contributed by atoms with Crippen molar-refractivity contribution >= 4 is 23.5 Å². The molecule has 35 heavy (non-hydrogen) atoms. The van der Waals surface area contributed by atoms with Gasteiger partial charge in [-0.15, -0.1) is 0 Å². The van der Waals surface area contributed by atoms with Gasteiger partial charge in [0.1, 0.15) is 5.60 Å². The number of esters is 2. The minimum absolute atomic E-state index is 0.129. The number of alkyl halides is 3. The summed E-state index contributed by atoms with van der Waals surface area (Å²) in [5.74, 6) is -1.15. The van der Waals surface area contributed by atoms with Crippen molar-refractivity contribution in [3.8, 4) is 0 Å². The van der Waals surface area contributed by atoms with Gasteiger partial charge in [0.15, 0.2) is 0 Å². The summed E-state index contributed by atoms with van der Waals surface area (Å²) in [6.07, 6.45) is -3.65. The molecule has 190 valence electrons. The minimum Gasteiger partial charge on any atom is -0.468 e. The number of carbonyl (C=O) groups is 3. The fourth-order valence-corrected chi connectivity index (χ4v) is 4.98. The van der Waals surface area contributed by atoms with Gasteiger partial charge in [0.05, 0.1) is 24.8 Å². The topological polar surface area (TPSA) is 79.4 Å². The molecule has 3 aliphatic heterocycles. The number of anilines is 1. The van der Waals surface area contributed by atoms with Crippen molar-refractivity contribution in [2.24, 2.45) is 0 Å². The summed E-state index contributed by atoms with van der Waals surface area (Å²) in [6.45, 7) is 4.01. The molecule has 0 aliphatic carbocycles. The number of ether oxygens (including phenoxy) is 2. The van der Waals surface area contributed by atoms with Gasteiger partial charge >= 0.3 is 18.1 Å². The van der Waals surface area contributed by atoms with E-state index in [0.29, 0.717) is 63.4 Å². The molecule has 1 spiro atoms. The van der Waals surface area contributed by atoms with Gasteiger partial charge in [-0.05, 0) is 25.1 Å². The van der Waals surface area contributed by atoms with Gasteiger partial charge in [-0.25, -0.2) is 4.79 Å². The summed E-state index contributed by atoms with van der Waals surface area (Å²) in [7, 11) is 1.32. The molecule has 0 N–H and O–H groups in total. The number of methoxy groups -OCH3 is 1. The normalized spacial score (nSPS) is 20.9. The minimum atomic E-state index is -4.42. The summed E-state index contributed by atoms with van der Waals surface area (Å²) in [5.41, 5.74) is -0.639. The Hall–Kier alpha value is -3.08. The van der Waals surface area contributed by atoms with Crippen molar-refractivity contribution in [3.63, 3.8) is 0 Å². The largest absolute Gasteiger partial charge is 0.468 e. The molecule has 0 bridgehead atoms. The molecule has 0 unspecified atom stereocenters. The lowest BCUT2D eigenvalue weighted by atomic mass is 9.82. The van der Waals surface area contributed by atoms with Crippen LogP contribution >= 0.6 is 0 Å². The standard InChI is InChI=1S/C24H28F3N3O5/c1-16-20(23(35-22(16)33)6-8-28(9-7-23)15-19(31)34-2)21(32)30-12-10-29(11-13-30)18-5-3-4-17(14-18)24(25,26)27/h3-5,14H,6-13,15H2,1-2H3. The molecule has 3 aliphatic rings. The van der Waals surface area contributed by atoms with Gasteiger partial charge in [-0.3, -0.25) is 14.5 Å². The third kappa shape index (κ3) is 5.00. The lowest BCUT2D eigenvalue weighted by Gasteiger charge is -2.41. The maximum absolute atomic E-state index is 13.5. The van der Waals surface area contributed by atoms with Crippen LogP contribution in [0, 0.1) is 0 Å². The Morgan fingerprint density at radius 2 is 1.74 bits per heavy atom.